The average molecular weight is 1270 g/mol. The van der Waals surface area contributed by atoms with E-state index in [0.29, 0.717) is 11.6 Å². The standard InChI is InChI=1S/C46H30N4.C45H30N4/c1-2-12-33(13-3-1)46-47-40(31-22-26-34(27-23-31)49-42-18-8-4-14-36(42)37-15-5-9-19-43(37)49)30-41(48-46)32-24-28-35(29-25-32)50-44-20-10-6-16-38(44)39-17-7-11-21-45(39)50;1-5-14-31(15-6-1)35-24-26-42-37(28-35)38-29-36(32-16-7-2-8-17-32)25-27-43(38)49(42)44-23-13-22-39(46-44)41-30-40(33-18-9-3-10-19-33)47-45(48-41)34-20-11-4-12-21-34/h1-30H;1-30H. The van der Waals surface area contributed by atoms with E-state index in [0.717, 1.165) is 84.5 Å². The summed E-state index contributed by atoms with van der Waals surface area (Å²) < 4.78 is 6.96. The summed E-state index contributed by atoms with van der Waals surface area (Å²) in [4.78, 5) is 25.5. The topological polar surface area (TPSA) is 79.2 Å². The Morgan fingerprint density at radius 2 is 0.465 bits per heavy atom. The van der Waals surface area contributed by atoms with Crippen molar-refractivity contribution in [2.24, 2.45) is 0 Å². The van der Waals surface area contributed by atoms with Crippen LogP contribution in [0.4, 0.5) is 0 Å². The molecule has 0 saturated carbocycles. The minimum Gasteiger partial charge on any atom is -0.309 e. The van der Waals surface area contributed by atoms with Crippen LogP contribution in [-0.4, -0.2) is 38.6 Å². The van der Waals surface area contributed by atoms with Crippen LogP contribution in [0.1, 0.15) is 0 Å². The first-order chi connectivity index (χ1) is 49.1. The van der Waals surface area contributed by atoms with Crippen molar-refractivity contribution in [1.29, 1.82) is 0 Å². The van der Waals surface area contributed by atoms with Crippen molar-refractivity contribution in [3.05, 3.63) is 364 Å². The Bertz CT molecular complexity index is 5750. The monoisotopic (exact) mass is 1260 g/mol. The Hall–Kier alpha value is -13.4. The molecule has 13 aromatic carbocycles. The summed E-state index contributed by atoms with van der Waals surface area (Å²) in [5, 5.41) is 7.38. The molecule has 8 heteroatoms. The lowest BCUT2D eigenvalue weighted by atomic mass is 10.0. The van der Waals surface area contributed by atoms with Crippen LogP contribution in [-0.2, 0) is 0 Å². The SMILES string of the molecule is c1ccc(-c2ccc3c(c2)c2cc(-c4ccccc4)ccc2n3-c2cccc(-c3cc(-c4ccccc4)nc(-c4ccccc4)n3)n2)cc1.c1ccc(-c2nc(-c3ccc(-n4c5ccccc5c5ccccc54)cc3)cc(-c3ccc(-n4c5ccccc5c5ccccc54)cc3)n2)cc1. The molecule has 6 heterocycles. The normalized spacial score (nSPS) is 11.4. The fraction of sp³-hybridized carbons (Fsp3) is 0. The molecule has 0 saturated heterocycles. The van der Waals surface area contributed by atoms with Gasteiger partial charge in [0.25, 0.3) is 0 Å². The molecular formula is C91H60N8. The maximum absolute atomic E-state index is 5.29. The first kappa shape index (κ1) is 58.2. The molecule has 0 radical (unpaired) electrons. The average Bonchev–Trinajstić information content (AvgIpc) is 1.59. The molecule has 19 aromatic rings. The van der Waals surface area contributed by atoms with E-state index in [1.54, 1.807) is 0 Å². The summed E-state index contributed by atoms with van der Waals surface area (Å²) >= 11 is 0. The zero-order valence-corrected chi connectivity index (χ0v) is 53.7. The first-order valence-corrected chi connectivity index (χ1v) is 33.4. The minimum atomic E-state index is 0.669. The van der Waals surface area contributed by atoms with E-state index >= 15 is 0 Å². The lowest BCUT2D eigenvalue weighted by molar-refractivity contribution is 1.07. The Kier molecular flexibility index (Phi) is 14.7. The van der Waals surface area contributed by atoms with E-state index < -0.39 is 0 Å². The van der Waals surface area contributed by atoms with E-state index in [2.05, 4.69) is 299 Å². The molecule has 0 aliphatic rings. The van der Waals surface area contributed by atoms with Gasteiger partial charge < -0.3 is 9.13 Å². The van der Waals surface area contributed by atoms with Crippen molar-refractivity contribution >= 4 is 65.4 Å². The minimum absolute atomic E-state index is 0.669. The second-order valence-electron chi connectivity index (χ2n) is 24.8. The largest absolute Gasteiger partial charge is 0.309 e. The number of rotatable bonds is 11. The fourth-order valence-electron chi connectivity index (χ4n) is 14.1. The van der Waals surface area contributed by atoms with Crippen molar-refractivity contribution in [1.82, 2.24) is 38.6 Å². The Morgan fingerprint density at radius 1 is 0.162 bits per heavy atom. The van der Waals surface area contributed by atoms with E-state index in [9.17, 15) is 0 Å². The second kappa shape index (κ2) is 25.0. The number of hydrogen-bond acceptors (Lipinski definition) is 5. The highest BCUT2D eigenvalue weighted by Gasteiger charge is 2.20. The molecule has 8 nitrogen and oxygen atoms in total. The molecule has 0 bridgehead atoms. The van der Waals surface area contributed by atoms with Gasteiger partial charge in [-0.15, -0.1) is 0 Å². The quantitative estimate of drug-likeness (QED) is 0.129. The van der Waals surface area contributed by atoms with E-state index in [-0.39, 0.29) is 0 Å². The van der Waals surface area contributed by atoms with Gasteiger partial charge in [-0.05, 0) is 119 Å². The number of aromatic nitrogens is 8. The lowest BCUT2D eigenvalue weighted by Gasteiger charge is -2.12. The van der Waals surface area contributed by atoms with Crippen molar-refractivity contribution < 1.29 is 0 Å². The fourth-order valence-corrected chi connectivity index (χ4v) is 14.1. The van der Waals surface area contributed by atoms with Crippen molar-refractivity contribution in [2.75, 3.05) is 0 Å². The zero-order valence-electron chi connectivity index (χ0n) is 53.7. The molecule has 0 aliphatic heterocycles. The molecule has 99 heavy (non-hydrogen) atoms. The van der Waals surface area contributed by atoms with Gasteiger partial charge in [-0.25, -0.2) is 24.9 Å². The molecule has 0 amide bonds. The van der Waals surface area contributed by atoms with E-state index in [1.165, 1.54) is 76.6 Å². The highest BCUT2D eigenvalue weighted by molar-refractivity contribution is 6.12. The van der Waals surface area contributed by atoms with Gasteiger partial charge in [-0.2, -0.15) is 0 Å². The van der Waals surface area contributed by atoms with Gasteiger partial charge >= 0.3 is 0 Å². The molecule has 464 valence electrons. The lowest BCUT2D eigenvalue weighted by Crippen LogP contribution is -2.01. The molecule has 19 rings (SSSR count). The van der Waals surface area contributed by atoms with E-state index in [4.69, 9.17) is 24.9 Å². The molecule has 0 atom stereocenters. The third-order valence-electron chi connectivity index (χ3n) is 18.8. The smallest absolute Gasteiger partial charge is 0.160 e. The van der Waals surface area contributed by atoms with E-state index in [1.807, 2.05) is 78.9 Å². The molecular weight excluding hydrogens is 1210 g/mol. The van der Waals surface area contributed by atoms with Gasteiger partial charge in [0.15, 0.2) is 11.6 Å². The van der Waals surface area contributed by atoms with Crippen molar-refractivity contribution in [2.45, 2.75) is 0 Å². The summed E-state index contributed by atoms with van der Waals surface area (Å²) in [6.45, 7) is 0. The van der Waals surface area contributed by atoms with Crippen molar-refractivity contribution in [3.63, 3.8) is 0 Å². The van der Waals surface area contributed by atoms with Crippen molar-refractivity contribution in [3.8, 4) is 107 Å². The van der Waals surface area contributed by atoms with Gasteiger partial charge in [0.2, 0.25) is 0 Å². The third-order valence-corrected chi connectivity index (χ3v) is 18.8. The first-order valence-electron chi connectivity index (χ1n) is 33.4. The molecule has 0 N–H and O–H groups in total. The van der Waals surface area contributed by atoms with Gasteiger partial charge in [0, 0.05) is 71.5 Å². The van der Waals surface area contributed by atoms with Crippen LogP contribution < -0.4 is 0 Å². The summed E-state index contributed by atoms with van der Waals surface area (Å²) in [7, 11) is 0. The number of para-hydroxylation sites is 4. The number of fused-ring (bicyclic) bond motifs is 9. The van der Waals surface area contributed by atoms with Crippen LogP contribution in [0.5, 0.6) is 0 Å². The summed E-state index contributed by atoms with van der Waals surface area (Å²) in [5.41, 5.74) is 23.2. The second-order valence-corrected chi connectivity index (χ2v) is 24.8. The van der Waals surface area contributed by atoms with Crippen LogP contribution in [0.3, 0.4) is 0 Å². The van der Waals surface area contributed by atoms with Gasteiger partial charge in [0.05, 0.1) is 61.6 Å². The number of pyridine rings is 1. The van der Waals surface area contributed by atoms with Crippen LogP contribution in [0, 0.1) is 0 Å². The third kappa shape index (κ3) is 10.8. The molecule has 0 fully saturated rings. The summed E-state index contributed by atoms with van der Waals surface area (Å²) in [6.07, 6.45) is 0. The predicted octanol–water partition coefficient (Wildman–Crippen LogP) is 23.0. The highest BCUT2D eigenvalue weighted by Crippen LogP contribution is 2.40. The molecule has 0 aliphatic carbocycles. The summed E-state index contributed by atoms with van der Waals surface area (Å²) in [6, 6.07) is 127. The number of benzene rings is 13. The van der Waals surface area contributed by atoms with Crippen LogP contribution in [0.2, 0.25) is 0 Å². The molecule has 6 aromatic heterocycles. The van der Waals surface area contributed by atoms with Gasteiger partial charge in [-0.3, -0.25) is 4.57 Å². The Morgan fingerprint density at radius 3 is 0.859 bits per heavy atom. The number of nitrogens with zero attached hydrogens (tertiary/aromatic N) is 8. The predicted molar refractivity (Wildman–Crippen MR) is 408 cm³/mol. The maximum atomic E-state index is 5.29. The van der Waals surface area contributed by atoms with Gasteiger partial charge in [0.1, 0.15) is 5.82 Å². The molecule has 0 spiro atoms. The van der Waals surface area contributed by atoms with Crippen LogP contribution in [0.15, 0.2) is 364 Å². The number of hydrogen-bond donors (Lipinski definition) is 0. The highest BCUT2D eigenvalue weighted by atomic mass is 15.1. The summed E-state index contributed by atoms with van der Waals surface area (Å²) in [5.74, 6) is 2.21. The zero-order chi connectivity index (χ0) is 65.6. The maximum Gasteiger partial charge on any atom is 0.160 e. The van der Waals surface area contributed by atoms with Gasteiger partial charge in [-0.1, -0.05) is 267 Å². The van der Waals surface area contributed by atoms with Crippen LogP contribution >= 0.6 is 0 Å². The Labute approximate surface area is 572 Å². The molecule has 0 unspecified atom stereocenters. The van der Waals surface area contributed by atoms with Crippen LogP contribution in [0.25, 0.3) is 173 Å². The Balaban J connectivity index is 0.000000143.